The summed E-state index contributed by atoms with van der Waals surface area (Å²) in [5.41, 5.74) is 0. The van der Waals surface area contributed by atoms with E-state index in [1.807, 2.05) is 0 Å². The van der Waals surface area contributed by atoms with Gasteiger partial charge in [-0.05, 0) is 43.7 Å². The molecule has 1 aromatic carbocycles. The zero-order chi connectivity index (χ0) is 14.8. The van der Waals surface area contributed by atoms with E-state index < -0.39 is 26.6 Å². The summed E-state index contributed by atoms with van der Waals surface area (Å²) in [6, 6.07) is 2.94. The van der Waals surface area contributed by atoms with Crippen molar-refractivity contribution in [2.45, 2.75) is 36.7 Å². The average Bonchev–Trinajstić information content (AvgIpc) is 2.37. The number of aliphatic hydroxyl groups is 1. The van der Waals surface area contributed by atoms with Crippen molar-refractivity contribution in [2.75, 3.05) is 6.54 Å². The Hall–Kier alpha value is -1.05. The standard InChI is InChI=1S/C13H17F2NO3S/c14-11-2-1-3-12(15)13(11)20(18,19)16-8-9-4-6-10(17)7-5-9/h1-3,9-10,16-17H,4-8H2. The van der Waals surface area contributed by atoms with E-state index in [1.54, 1.807) is 0 Å². The molecule has 0 atom stereocenters. The SMILES string of the molecule is O=S(=O)(NCC1CCC(O)CC1)c1c(F)cccc1F. The number of benzene rings is 1. The molecule has 0 radical (unpaired) electrons. The van der Waals surface area contributed by atoms with E-state index in [1.165, 1.54) is 0 Å². The van der Waals surface area contributed by atoms with Crippen LogP contribution in [0.2, 0.25) is 0 Å². The van der Waals surface area contributed by atoms with Crippen molar-refractivity contribution in [2.24, 2.45) is 5.92 Å². The van der Waals surface area contributed by atoms with Crippen molar-refractivity contribution in [3.63, 3.8) is 0 Å². The van der Waals surface area contributed by atoms with Crippen molar-refractivity contribution in [3.05, 3.63) is 29.8 Å². The molecule has 2 rings (SSSR count). The van der Waals surface area contributed by atoms with Crippen LogP contribution in [0.15, 0.2) is 23.1 Å². The fraction of sp³-hybridized carbons (Fsp3) is 0.538. The lowest BCUT2D eigenvalue weighted by Gasteiger charge is -2.25. The van der Waals surface area contributed by atoms with E-state index in [0.29, 0.717) is 25.7 Å². The summed E-state index contributed by atoms with van der Waals surface area (Å²) in [6.45, 7) is 0.128. The number of hydrogen-bond donors (Lipinski definition) is 2. The number of nitrogens with one attached hydrogen (secondary N) is 1. The van der Waals surface area contributed by atoms with Gasteiger partial charge in [-0.1, -0.05) is 6.07 Å². The molecule has 4 nitrogen and oxygen atoms in total. The van der Waals surface area contributed by atoms with Crippen molar-refractivity contribution >= 4 is 10.0 Å². The van der Waals surface area contributed by atoms with Crippen LogP contribution in [0.1, 0.15) is 25.7 Å². The number of halogens is 2. The van der Waals surface area contributed by atoms with E-state index >= 15 is 0 Å². The predicted octanol–water partition coefficient (Wildman–Crippen LogP) is 1.79. The predicted molar refractivity (Wildman–Crippen MR) is 69.5 cm³/mol. The van der Waals surface area contributed by atoms with Gasteiger partial charge in [0.15, 0.2) is 4.90 Å². The highest BCUT2D eigenvalue weighted by molar-refractivity contribution is 7.89. The maximum atomic E-state index is 13.5. The fourth-order valence-electron chi connectivity index (χ4n) is 2.39. The third-order valence-corrected chi connectivity index (χ3v) is 5.04. The molecule has 0 aliphatic heterocycles. The minimum atomic E-state index is -4.20. The van der Waals surface area contributed by atoms with E-state index in [2.05, 4.69) is 4.72 Å². The highest BCUT2D eigenvalue weighted by atomic mass is 32.2. The summed E-state index contributed by atoms with van der Waals surface area (Å²) in [5, 5.41) is 9.37. The van der Waals surface area contributed by atoms with Gasteiger partial charge in [-0.3, -0.25) is 0 Å². The first kappa shape index (κ1) is 15.3. The molecule has 1 aliphatic carbocycles. The molecule has 1 fully saturated rings. The quantitative estimate of drug-likeness (QED) is 0.891. The maximum absolute atomic E-state index is 13.5. The summed E-state index contributed by atoms with van der Waals surface area (Å²) in [7, 11) is -4.20. The fourth-order valence-corrected chi connectivity index (χ4v) is 3.64. The van der Waals surface area contributed by atoms with Gasteiger partial charge in [-0.2, -0.15) is 0 Å². The van der Waals surface area contributed by atoms with Crippen LogP contribution in [-0.2, 0) is 10.0 Å². The van der Waals surface area contributed by atoms with Gasteiger partial charge >= 0.3 is 0 Å². The second-order valence-corrected chi connectivity index (χ2v) is 6.78. The second-order valence-electron chi connectivity index (χ2n) is 5.08. The summed E-state index contributed by atoms with van der Waals surface area (Å²) in [4.78, 5) is -0.934. The molecular weight excluding hydrogens is 288 g/mol. The van der Waals surface area contributed by atoms with Crippen LogP contribution in [0, 0.1) is 17.6 Å². The highest BCUT2D eigenvalue weighted by Crippen LogP contribution is 2.24. The molecule has 20 heavy (non-hydrogen) atoms. The molecule has 1 aliphatic rings. The summed E-state index contributed by atoms with van der Waals surface area (Å²) < 4.78 is 53.1. The zero-order valence-corrected chi connectivity index (χ0v) is 11.7. The van der Waals surface area contributed by atoms with Gasteiger partial charge in [0.05, 0.1) is 6.10 Å². The molecule has 7 heteroatoms. The Morgan fingerprint density at radius 1 is 1.15 bits per heavy atom. The Kier molecular flexibility index (Phi) is 4.72. The van der Waals surface area contributed by atoms with Crippen LogP contribution in [0.4, 0.5) is 8.78 Å². The Balaban J connectivity index is 2.05. The topological polar surface area (TPSA) is 66.4 Å². The molecule has 1 aromatic rings. The normalized spacial score (nSPS) is 23.8. The van der Waals surface area contributed by atoms with Crippen molar-refractivity contribution in [3.8, 4) is 0 Å². The molecule has 0 bridgehead atoms. The molecule has 0 amide bonds. The van der Waals surface area contributed by atoms with Crippen LogP contribution in [-0.4, -0.2) is 26.2 Å². The highest BCUT2D eigenvalue weighted by Gasteiger charge is 2.26. The third-order valence-electron chi connectivity index (χ3n) is 3.57. The second kappa shape index (κ2) is 6.15. The van der Waals surface area contributed by atoms with Crippen molar-refractivity contribution in [1.82, 2.24) is 4.72 Å². The lowest BCUT2D eigenvalue weighted by molar-refractivity contribution is 0.109. The summed E-state index contributed by atoms with van der Waals surface area (Å²) in [5.74, 6) is -2.11. The van der Waals surface area contributed by atoms with Crippen molar-refractivity contribution in [1.29, 1.82) is 0 Å². The first-order chi connectivity index (χ1) is 9.40. The smallest absolute Gasteiger partial charge is 0.246 e. The van der Waals surface area contributed by atoms with Gasteiger partial charge in [-0.15, -0.1) is 0 Å². The third kappa shape index (κ3) is 3.53. The number of rotatable bonds is 4. The molecule has 2 N–H and O–H groups in total. The lowest BCUT2D eigenvalue weighted by atomic mass is 9.88. The zero-order valence-electron chi connectivity index (χ0n) is 10.9. The van der Waals surface area contributed by atoms with Gasteiger partial charge < -0.3 is 5.11 Å². The Morgan fingerprint density at radius 2 is 1.70 bits per heavy atom. The van der Waals surface area contributed by atoms with Crippen LogP contribution < -0.4 is 4.72 Å². The molecule has 0 unspecified atom stereocenters. The number of hydrogen-bond acceptors (Lipinski definition) is 3. The monoisotopic (exact) mass is 305 g/mol. The van der Waals surface area contributed by atoms with E-state index in [0.717, 1.165) is 18.2 Å². The van der Waals surface area contributed by atoms with Crippen LogP contribution >= 0.6 is 0 Å². The van der Waals surface area contributed by atoms with Gasteiger partial charge in [-0.25, -0.2) is 21.9 Å². The summed E-state index contributed by atoms with van der Waals surface area (Å²) in [6.07, 6.45) is 2.32. The van der Waals surface area contributed by atoms with E-state index in [-0.39, 0.29) is 18.6 Å². The van der Waals surface area contributed by atoms with E-state index in [9.17, 15) is 22.3 Å². The molecule has 0 aromatic heterocycles. The molecule has 1 saturated carbocycles. The maximum Gasteiger partial charge on any atom is 0.246 e. The molecule has 112 valence electrons. The van der Waals surface area contributed by atoms with Gasteiger partial charge in [0.1, 0.15) is 11.6 Å². The minimum absolute atomic E-state index is 0.0861. The minimum Gasteiger partial charge on any atom is -0.393 e. The van der Waals surface area contributed by atoms with Crippen molar-refractivity contribution < 1.29 is 22.3 Å². The van der Waals surface area contributed by atoms with Gasteiger partial charge in [0, 0.05) is 6.54 Å². The van der Waals surface area contributed by atoms with Gasteiger partial charge in [0.25, 0.3) is 0 Å². The number of aliphatic hydroxyl groups excluding tert-OH is 1. The van der Waals surface area contributed by atoms with Crippen LogP contribution in [0.25, 0.3) is 0 Å². The Bertz CT molecular complexity index is 549. The summed E-state index contributed by atoms with van der Waals surface area (Å²) >= 11 is 0. The van der Waals surface area contributed by atoms with Gasteiger partial charge in [0.2, 0.25) is 10.0 Å². The molecule has 0 heterocycles. The molecule has 0 saturated heterocycles. The lowest BCUT2D eigenvalue weighted by Crippen LogP contribution is -2.33. The van der Waals surface area contributed by atoms with Crippen LogP contribution in [0.5, 0.6) is 0 Å². The molecule has 0 spiro atoms. The van der Waals surface area contributed by atoms with E-state index in [4.69, 9.17) is 0 Å². The Morgan fingerprint density at radius 3 is 2.25 bits per heavy atom. The Labute approximate surface area is 116 Å². The first-order valence-corrected chi connectivity index (χ1v) is 8.00. The average molecular weight is 305 g/mol. The first-order valence-electron chi connectivity index (χ1n) is 6.52. The largest absolute Gasteiger partial charge is 0.393 e. The van der Waals surface area contributed by atoms with Crippen LogP contribution in [0.3, 0.4) is 0 Å². The number of sulfonamides is 1. The molecular formula is C13H17F2NO3S.